The molecule has 0 bridgehead atoms. The molecule has 6 aromatic carbocycles. The summed E-state index contributed by atoms with van der Waals surface area (Å²) in [6.07, 6.45) is 0. The third-order valence-corrected chi connectivity index (χ3v) is 12.0. The topological polar surface area (TPSA) is 172 Å². The van der Waals surface area contributed by atoms with Crippen molar-refractivity contribution in [3.63, 3.8) is 0 Å². The van der Waals surface area contributed by atoms with Gasteiger partial charge in [0, 0.05) is 55.7 Å². The molecule has 76 heavy (non-hydrogen) atoms. The van der Waals surface area contributed by atoms with Gasteiger partial charge < -0.3 is 0 Å². The Morgan fingerprint density at radius 3 is 0.737 bits per heavy atom. The molecular weight excluding hydrogens is 1000 g/mol. The summed E-state index contributed by atoms with van der Waals surface area (Å²) in [6, 6.07) is 37.8. The molecule has 10 rings (SSSR count). The fourth-order valence-electron chi connectivity index (χ4n) is 8.63. The van der Waals surface area contributed by atoms with Crippen molar-refractivity contribution in [1.29, 1.82) is 21.0 Å². The van der Waals surface area contributed by atoms with E-state index in [1.54, 1.807) is 84.9 Å². The van der Waals surface area contributed by atoms with Crippen LogP contribution in [0.4, 0.5) is 43.9 Å². The van der Waals surface area contributed by atoms with Gasteiger partial charge in [0.15, 0.2) is 81.5 Å². The molecule has 2 aliphatic rings. The molecule has 0 fully saturated rings. The van der Waals surface area contributed by atoms with Gasteiger partial charge in [-0.25, -0.2) is 73.8 Å². The SMILES string of the molecule is N#CC1=C(c2nc(-c3ccccc3)nc(-c3ccccc3)n2)/C(=C(\C#N)c2c(F)c(F)c(F)c(F)c2F)C2=C1/C(=C(/C#N)c1c(F)c(F)c(F)c(F)c1F)C(c1nc(-c3ccccc3)nc(-c3ccccc3)n1)=C2C#N. The maximum Gasteiger partial charge on any atom is 0.200 e. The molecule has 0 unspecified atom stereocenters. The maximum absolute atomic E-state index is 16.3. The van der Waals surface area contributed by atoms with E-state index in [4.69, 9.17) is 0 Å². The van der Waals surface area contributed by atoms with Gasteiger partial charge in [-0.3, -0.25) is 0 Å². The van der Waals surface area contributed by atoms with Crippen molar-refractivity contribution in [3.8, 4) is 69.8 Å². The fourth-order valence-corrected chi connectivity index (χ4v) is 8.63. The zero-order valence-electron chi connectivity index (χ0n) is 37.8. The summed E-state index contributed by atoms with van der Waals surface area (Å²) in [5.74, 6) is -28.1. The summed E-state index contributed by atoms with van der Waals surface area (Å²) in [5, 5.41) is 45.1. The first-order valence-electron chi connectivity index (χ1n) is 21.9. The van der Waals surface area contributed by atoms with E-state index in [1.807, 2.05) is 0 Å². The predicted octanol–water partition coefficient (Wildman–Crippen LogP) is 12.6. The minimum atomic E-state index is -2.65. The van der Waals surface area contributed by atoms with Crippen molar-refractivity contribution < 1.29 is 43.9 Å². The molecule has 2 aromatic heterocycles. The van der Waals surface area contributed by atoms with Crippen LogP contribution in [0.25, 0.3) is 67.8 Å². The number of nitrogens with zero attached hydrogens (tertiary/aromatic N) is 10. The summed E-state index contributed by atoms with van der Waals surface area (Å²) in [4.78, 5) is 27.3. The van der Waals surface area contributed by atoms with E-state index >= 15 is 35.1 Å². The summed E-state index contributed by atoms with van der Waals surface area (Å²) in [6.45, 7) is 0. The predicted molar refractivity (Wildman–Crippen MR) is 251 cm³/mol. The Balaban J connectivity index is 1.45. The summed E-state index contributed by atoms with van der Waals surface area (Å²) >= 11 is 0. The van der Waals surface area contributed by atoms with Gasteiger partial charge in [-0.05, 0) is 0 Å². The van der Waals surface area contributed by atoms with Crippen LogP contribution in [-0.4, -0.2) is 29.9 Å². The maximum atomic E-state index is 16.3. The highest BCUT2D eigenvalue weighted by atomic mass is 19.2. The van der Waals surface area contributed by atoms with E-state index in [1.165, 1.54) is 60.7 Å². The van der Waals surface area contributed by atoms with Crippen LogP contribution in [0.2, 0.25) is 0 Å². The van der Waals surface area contributed by atoms with Gasteiger partial charge >= 0.3 is 0 Å². The molecule has 0 radical (unpaired) electrons. The average molecular weight is 1020 g/mol. The van der Waals surface area contributed by atoms with Crippen LogP contribution in [0.3, 0.4) is 0 Å². The Hall–Kier alpha value is -10.7. The minimum absolute atomic E-state index is 0.200. The normalized spacial score (nSPS) is 14.3. The first kappa shape index (κ1) is 48.9. The first-order valence-corrected chi connectivity index (χ1v) is 21.9. The van der Waals surface area contributed by atoms with Crippen LogP contribution in [-0.2, 0) is 0 Å². The second-order valence-corrected chi connectivity index (χ2v) is 16.2. The van der Waals surface area contributed by atoms with Gasteiger partial charge in [0.1, 0.15) is 24.3 Å². The largest absolute Gasteiger partial charge is 0.208 e. The molecular formula is C56H20F10N10. The van der Waals surface area contributed by atoms with E-state index in [0.29, 0.717) is 0 Å². The molecule has 10 nitrogen and oxygen atoms in total. The molecule has 0 aliphatic heterocycles. The Bertz CT molecular complexity index is 3750. The van der Waals surface area contributed by atoms with Gasteiger partial charge in [-0.1, -0.05) is 121 Å². The zero-order chi connectivity index (χ0) is 53.7. The van der Waals surface area contributed by atoms with Crippen LogP contribution in [0.5, 0.6) is 0 Å². The lowest BCUT2D eigenvalue weighted by Gasteiger charge is -2.18. The number of aromatic nitrogens is 6. The lowest BCUT2D eigenvalue weighted by atomic mass is 9.86. The second kappa shape index (κ2) is 19.4. The van der Waals surface area contributed by atoms with Crippen LogP contribution in [0.1, 0.15) is 22.8 Å². The fraction of sp³-hybridized carbons (Fsp3) is 0. The first-order chi connectivity index (χ1) is 36.7. The molecule has 0 atom stereocenters. The van der Waals surface area contributed by atoms with E-state index < -0.39 is 137 Å². The second-order valence-electron chi connectivity index (χ2n) is 16.2. The van der Waals surface area contributed by atoms with Crippen LogP contribution >= 0.6 is 0 Å². The highest BCUT2D eigenvalue weighted by molar-refractivity contribution is 6.16. The van der Waals surface area contributed by atoms with Crippen molar-refractivity contribution in [2.45, 2.75) is 0 Å². The lowest BCUT2D eigenvalue weighted by molar-refractivity contribution is 0.376. The van der Waals surface area contributed by atoms with E-state index in [9.17, 15) is 29.8 Å². The van der Waals surface area contributed by atoms with Gasteiger partial charge in [0.05, 0.1) is 33.4 Å². The van der Waals surface area contributed by atoms with Crippen LogP contribution in [0.15, 0.2) is 155 Å². The summed E-state index contributed by atoms with van der Waals surface area (Å²) in [7, 11) is 0. The van der Waals surface area contributed by atoms with Crippen molar-refractivity contribution >= 4 is 22.3 Å². The molecule has 0 spiro atoms. The molecule has 20 heteroatoms. The van der Waals surface area contributed by atoms with Gasteiger partial charge in [0.2, 0.25) is 11.6 Å². The van der Waals surface area contributed by atoms with Gasteiger partial charge in [-0.15, -0.1) is 0 Å². The highest BCUT2D eigenvalue weighted by Gasteiger charge is 2.48. The molecule has 2 aliphatic carbocycles. The van der Waals surface area contributed by atoms with Crippen molar-refractivity contribution in [2.75, 3.05) is 0 Å². The molecule has 0 amide bonds. The van der Waals surface area contributed by atoms with E-state index in [2.05, 4.69) is 29.9 Å². The number of hydrogen-bond acceptors (Lipinski definition) is 10. The average Bonchev–Trinajstić information content (AvgIpc) is 3.98. The quantitative estimate of drug-likeness (QED) is 0.0617. The molecule has 2 heterocycles. The third-order valence-electron chi connectivity index (χ3n) is 12.0. The van der Waals surface area contributed by atoms with Gasteiger partial charge in [0.25, 0.3) is 0 Å². The number of nitriles is 4. The monoisotopic (exact) mass is 1020 g/mol. The molecule has 8 aromatic rings. The number of benzene rings is 6. The summed E-state index contributed by atoms with van der Waals surface area (Å²) in [5.41, 5.74) is -13.3. The Labute approximate surface area is 421 Å². The number of allylic oxidation sites excluding steroid dienone is 10. The molecule has 364 valence electrons. The van der Waals surface area contributed by atoms with Crippen molar-refractivity contribution in [3.05, 3.63) is 236 Å². The van der Waals surface area contributed by atoms with E-state index in [0.717, 1.165) is 0 Å². The van der Waals surface area contributed by atoms with Crippen LogP contribution in [0, 0.1) is 103 Å². The zero-order valence-corrected chi connectivity index (χ0v) is 37.8. The molecule has 0 saturated carbocycles. The highest BCUT2D eigenvalue weighted by Crippen LogP contribution is 2.59. The Morgan fingerprint density at radius 1 is 0.289 bits per heavy atom. The number of rotatable bonds is 8. The lowest BCUT2D eigenvalue weighted by Crippen LogP contribution is -2.11. The smallest absolute Gasteiger partial charge is 0.200 e. The standard InChI is InChI=1S/C56H20F10N10/c57-41-39(42(58)46(62)49(65)45(41)61)31(23-69)35-34-30(22-68)38(56-75-53(27-17-9-3-10-18-27)72-54(76-56)28-19-11-4-12-20-28)36(32(24-70)40-43(59)47(63)50(66)48(64)44(40)60)33(34)29(21-67)37(35)55-73-51(25-13-5-1-6-14-25)71-52(74-55)26-15-7-2-8-16-26/h1-20H/b35-31+,36-32+. The molecule has 0 saturated heterocycles. The van der Waals surface area contributed by atoms with Crippen molar-refractivity contribution in [2.24, 2.45) is 0 Å². The number of hydrogen-bond donors (Lipinski definition) is 0. The Morgan fingerprint density at radius 2 is 0.513 bits per heavy atom. The number of halogens is 10. The molecule has 0 N–H and O–H groups in total. The van der Waals surface area contributed by atoms with Crippen LogP contribution < -0.4 is 0 Å². The van der Waals surface area contributed by atoms with E-state index in [-0.39, 0.29) is 45.6 Å². The van der Waals surface area contributed by atoms with Gasteiger partial charge in [-0.2, -0.15) is 21.0 Å². The third kappa shape index (κ3) is 7.82. The minimum Gasteiger partial charge on any atom is -0.208 e. The van der Waals surface area contributed by atoms with Crippen molar-refractivity contribution in [1.82, 2.24) is 29.9 Å². The Kier molecular flexibility index (Phi) is 12.5. The summed E-state index contributed by atoms with van der Waals surface area (Å²) < 4.78 is 156.